The van der Waals surface area contributed by atoms with Gasteiger partial charge < -0.3 is 42.7 Å². The van der Waals surface area contributed by atoms with Crippen LogP contribution in [0, 0.1) is 0 Å². The van der Waals surface area contributed by atoms with Gasteiger partial charge in [0.1, 0.15) is 23.9 Å². The number of hydrogen-bond acceptors (Lipinski definition) is 9. The molecule has 0 bridgehead atoms. The van der Waals surface area contributed by atoms with Crippen molar-refractivity contribution in [3.8, 4) is 5.75 Å². The van der Waals surface area contributed by atoms with E-state index in [0.29, 0.717) is 37.1 Å². The third kappa shape index (κ3) is 13.3. The van der Waals surface area contributed by atoms with Crippen LogP contribution in [-0.4, -0.2) is 87.7 Å². The fourth-order valence-electron chi connectivity index (χ4n) is 3.57. The third-order valence-electron chi connectivity index (χ3n) is 5.82. The lowest BCUT2D eigenvalue weighted by molar-refractivity contribution is -0.142. The van der Waals surface area contributed by atoms with Crippen molar-refractivity contribution in [1.29, 1.82) is 0 Å². The molecule has 4 unspecified atom stereocenters. The van der Waals surface area contributed by atoms with E-state index in [4.69, 9.17) is 16.6 Å². The maximum Gasteiger partial charge on any atom is 0.326 e. The second-order valence-electron chi connectivity index (χ2n) is 9.00. The number of nitrogens with two attached hydrogens (primary N) is 2. The Labute approximate surface area is 231 Å². The molecule has 10 N–H and O–H groups in total. The summed E-state index contributed by atoms with van der Waals surface area (Å²) in [4.78, 5) is 61.7. The van der Waals surface area contributed by atoms with E-state index in [9.17, 15) is 34.2 Å². The number of phenols is 1. The maximum atomic E-state index is 13.1. The Bertz CT molecular complexity index is 962. The first-order valence-corrected chi connectivity index (χ1v) is 14.0. The average molecular weight is 570 g/mol. The lowest BCUT2D eigenvalue weighted by atomic mass is 10.0. The fraction of sp³-hybridized carbons (Fsp3) is 0.560. The molecule has 0 aliphatic heterocycles. The van der Waals surface area contributed by atoms with Crippen molar-refractivity contribution in [3.63, 3.8) is 0 Å². The molecule has 1 aromatic rings. The number of carboxylic acid groups (broad SMARTS) is 2. The van der Waals surface area contributed by atoms with E-state index in [1.54, 1.807) is 0 Å². The molecule has 0 aliphatic carbocycles. The predicted octanol–water partition coefficient (Wildman–Crippen LogP) is -0.452. The van der Waals surface area contributed by atoms with Crippen molar-refractivity contribution in [3.05, 3.63) is 29.8 Å². The second kappa shape index (κ2) is 18.0. The number of benzene rings is 1. The summed E-state index contributed by atoms with van der Waals surface area (Å²) in [6.07, 6.45) is 2.58. The Kier molecular flexibility index (Phi) is 15.6. The molecule has 0 aromatic heterocycles. The molecule has 0 saturated carbocycles. The summed E-state index contributed by atoms with van der Waals surface area (Å²) in [5.74, 6) is -4.03. The summed E-state index contributed by atoms with van der Waals surface area (Å²) in [5, 5.41) is 35.6. The van der Waals surface area contributed by atoms with Gasteiger partial charge in [-0.3, -0.25) is 19.2 Å². The molecule has 0 radical (unpaired) electrons. The fourth-order valence-corrected chi connectivity index (χ4v) is 4.05. The Morgan fingerprint density at radius 1 is 0.846 bits per heavy atom. The van der Waals surface area contributed by atoms with E-state index in [1.807, 2.05) is 6.26 Å². The number of thioether (sulfide) groups is 1. The van der Waals surface area contributed by atoms with E-state index in [0.717, 1.165) is 0 Å². The quantitative estimate of drug-likeness (QED) is 0.0993. The summed E-state index contributed by atoms with van der Waals surface area (Å²) < 4.78 is 0. The largest absolute Gasteiger partial charge is 0.508 e. The number of hydrogen-bond donors (Lipinski definition) is 8. The average Bonchev–Trinajstić information content (AvgIpc) is 2.89. The Morgan fingerprint density at radius 3 is 1.95 bits per heavy atom. The van der Waals surface area contributed by atoms with Gasteiger partial charge in [0.25, 0.3) is 0 Å². The highest BCUT2D eigenvalue weighted by atomic mass is 32.2. The van der Waals surface area contributed by atoms with Gasteiger partial charge in [0.05, 0.1) is 6.04 Å². The zero-order valence-corrected chi connectivity index (χ0v) is 22.7. The molecule has 39 heavy (non-hydrogen) atoms. The summed E-state index contributed by atoms with van der Waals surface area (Å²) >= 11 is 1.49. The summed E-state index contributed by atoms with van der Waals surface area (Å²) in [5.41, 5.74) is 12.0. The number of aliphatic carboxylic acids is 2. The predicted molar refractivity (Wildman–Crippen MR) is 146 cm³/mol. The van der Waals surface area contributed by atoms with Gasteiger partial charge in [-0.25, -0.2) is 4.79 Å². The molecular weight excluding hydrogens is 530 g/mol. The van der Waals surface area contributed by atoms with Crippen LogP contribution in [0.1, 0.15) is 44.1 Å². The van der Waals surface area contributed by atoms with Crippen LogP contribution in [0.4, 0.5) is 0 Å². The van der Waals surface area contributed by atoms with Gasteiger partial charge in [-0.05, 0) is 68.4 Å². The Morgan fingerprint density at radius 2 is 1.41 bits per heavy atom. The van der Waals surface area contributed by atoms with Crippen LogP contribution < -0.4 is 27.4 Å². The van der Waals surface area contributed by atoms with Gasteiger partial charge in [-0.2, -0.15) is 11.8 Å². The topological polar surface area (TPSA) is 234 Å². The molecule has 0 aliphatic rings. The zero-order chi connectivity index (χ0) is 29.4. The summed E-state index contributed by atoms with van der Waals surface area (Å²) in [6.45, 7) is 0.339. The minimum atomic E-state index is -1.33. The molecule has 4 atom stereocenters. The number of unbranched alkanes of at least 4 members (excludes halogenated alkanes) is 1. The van der Waals surface area contributed by atoms with Crippen molar-refractivity contribution < 1.29 is 39.3 Å². The van der Waals surface area contributed by atoms with Crippen molar-refractivity contribution >= 4 is 41.4 Å². The van der Waals surface area contributed by atoms with E-state index in [1.165, 1.54) is 36.0 Å². The number of rotatable bonds is 19. The normalized spacial score (nSPS) is 13.9. The third-order valence-corrected chi connectivity index (χ3v) is 6.46. The van der Waals surface area contributed by atoms with Crippen LogP contribution in [0.2, 0.25) is 0 Å². The van der Waals surface area contributed by atoms with Crippen molar-refractivity contribution in [2.45, 2.75) is 69.1 Å². The minimum absolute atomic E-state index is 0.00657. The number of amides is 3. The molecular formula is C25H39N5O8S. The van der Waals surface area contributed by atoms with E-state index in [2.05, 4.69) is 16.0 Å². The van der Waals surface area contributed by atoms with Crippen molar-refractivity contribution in [1.82, 2.24) is 16.0 Å². The molecule has 0 heterocycles. The van der Waals surface area contributed by atoms with Crippen LogP contribution in [-0.2, 0) is 30.4 Å². The molecule has 0 saturated heterocycles. The zero-order valence-electron chi connectivity index (χ0n) is 21.9. The van der Waals surface area contributed by atoms with Crippen molar-refractivity contribution in [2.24, 2.45) is 11.5 Å². The van der Waals surface area contributed by atoms with Gasteiger partial charge in [0.15, 0.2) is 0 Å². The molecule has 3 amide bonds. The Hall–Kier alpha value is -3.36. The summed E-state index contributed by atoms with van der Waals surface area (Å²) in [6, 6.07) is 1.17. The van der Waals surface area contributed by atoms with Gasteiger partial charge in [0.2, 0.25) is 17.7 Å². The monoisotopic (exact) mass is 569 g/mol. The molecule has 0 spiro atoms. The number of aromatic hydroxyl groups is 1. The number of carbonyl (C=O) groups excluding carboxylic acids is 3. The first-order chi connectivity index (χ1) is 18.5. The van der Waals surface area contributed by atoms with E-state index < -0.39 is 60.2 Å². The Balaban J connectivity index is 3.03. The number of phenolic OH excluding ortho intramolecular Hbond substituents is 1. The van der Waals surface area contributed by atoms with Crippen LogP contribution >= 0.6 is 11.8 Å². The first kappa shape index (κ1) is 33.7. The highest BCUT2D eigenvalue weighted by Crippen LogP contribution is 2.12. The van der Waals surface area contributed by atoms with Crippen LogP contribution in [0.15, 0.2) is 24.3 Å². The maximum absolute atomic E-state index is 13.1. The molecule has 1 aromatic carbocycles. The number of nitrogens with one attached hydrogen (secondary N) is 3. The lowest BCUT2D eigenvalue weighted by Crippen LogP contribution is -2.57. The molecule has 13 nitrogen and oxygen atoms in total. The van der Waals surface area contributed by atoms with E-state index >= 15 is 0 Å². The molecule has 14 heteroatoms. The smallest absolute Gasteiger partial charge is 0.326 e. The van der Waals surface area contributed by atoms with Gasteiger partial charge in [-0.15, -0.1) is 0 Å². The van der Waals surface area contributed by atoms with Gasteiger partial charge in [-0.1, -0.05) is 12.1 Å². The molecule has 1 rings (SSSR count). The van der Waals surface area contributed by atoms with E-state index in [-0.39, 0.29) is 25.0 Å². The highest BCUT2D eigenvalue weighted by molar-refractivity contribution is 7.98. The minimum Gasteiger partial charge on any atom is -0.508 e. The van der Waals surface area contributed by atoms with Crippen molar-refractivity contribution in [2.75, 3.05) is 18.6 Å². The SMILES string of the molecule is CSCCC(N)C(=O)NC(CCC(=O)O)C(=O)NC(CCCCN)C(=O)NC(Cc1ccc(O)cc1)C(=O)O. The summed E-state index contributed by atoms with van der Waals surface area (Å²) in [7, 11) is 0. The molecule has 0 fully saturated rings. The number of carbonyl (C=O) groups is 5. The van der Waals surface area contributed by atoms with Gasteiger partial charge in [0, 0.05) is 12.8 Å². The van der Waals surface area contributed by atoms with Crippen LogP contribution in [0.5, 0.6) is 5.75 Å². The highest BCUT2D eigenvalue weighted by Gasteiger charge is 2.30. The second-order valence-corrected chi connectivity index (χ2v) is 9.98. The van der Waals surface area contributed by atoms with Crippen LogP contribution in [0.3, 0.4) is 0 Å². The molecule has 218 valence electrons. The standard InChI is InChI=1S/C25H39N5O8S/c1-39-13-11-17(27)22(34)28-19(9-10-21(32)33)24(36)29-18(4-2-3-12-26)23(35)30-20(25(37)38)14-15-5-7-16(31)8-6-15/h5-8,17-20,31H,2-4,9-14,26-27H2,1H3,(H,28,34)(H,29,36)(H,30,35)(H,32,33)(H,37,38). The lowest BCUT2D eigenvalue weighted by Gasteiger charge is -2.25. The number of carboxylic acids is 2. The van der Waals surface area contributed by atoms with Gasteiger partial charge >= 0.3 is 11.9 Å². The first-order valence-electron chi connectivity index (χ1n) is 12.6. The van der Waals surface area contributed by atoms with Crippen LogP contribution in [0.25, 0.3) is 0 Å².